The minimum Gasteiger partial charge on any atom is -0.497 e. The van der Waals surface area contributed by atoms with E-state index in [0.29, 0.717) is 12.1 Å². The molecule has 0 amide bonds. The Kier molecular flexibility index (Phi) is 3.39. The highest BCUT2D eigenvalue weighted by molar-refractivity contribution is 6.02. The normalized spacial score (nSPS) is 14.9. The maximum Gasteiger partial charge on any atom is 0.172 e. The highest BCUT2D eigenvalue weighted by Crippen LogP contribution is 2.28. The van der Waals surface area contributed by atoms with Gasteiger partial charge in [-0.3, -0.25) is 0 Å². The maximum absolute atomic E-state index is 8.96. The zero-order valence-electron chi connectivity index (χ0n) is 11.7. The van der Waals surface area contributed by atoms with Crippen molar-refractivity contribution < 1.29 is 9.94 Å². The van der Waals surface area contributed by atoms with Crippen LogP contribution in [-0.2, 0) is 13.1 Å². The Balaban J connectivity index is 2.01. The topological polar surface area (TPSA) is 88.9 Å². The first-order valence-corrected chi connectivity index (χ1v) is 6.64. The Morgan fingerprint density at radius 3 is 3.05 bits per heavy atom. The van der Waals surface area contributed by atoms with Gasteiger partial charge in [0.1, 0.15) is 11.6 Å². The SMILES string of the molecule is COc1ccc(/C(N)=N/O)c(N2CCn3ccnc3C2)c1. The molecule has 7 heteroatoms. The fourth-order valence-electron chi connectivity index (χ4n) is 2.55. The van der Waals surface area contributed by atoms with Gasteiger partial charge in [-0.1, -0.05) is 5.16 Å². The van der Waals surface area contributed by atoms with E-state index in [1.54, 1.807) is 25.4 Å². The van der Waals surface area contributed by atoms with Gasteiger partial charge in [0.05, 0.1) is 19.3 Å². The van der Waals surface area contributed by atoms with Gasteiger partial charge in [0.25, 0.3) is 0 Å². The van der Waals surface area contributed by atoms with Crippen molar-refractivity contribution in [3.05, 3.63) is 42.0 Å². The van der Waals surface area contributed by atoms with E-state index in [0.717, 1.165) is 30.4 Å². The number of amidine groups is 1. The first-order chi connectivity index (χ1) is 10.2. The number of oxime groups is 1. The molecule has 0 spiro atoms. The molecule has 2 heterocycles. The molecule has 7 nitrogen and oxygen atoms in total. The number of hydrogen-bond acceptors (Lipinski definition) is 5. The number of methoxy groups -OCH3 is 1. The average molecular weight is 287 g/mol. The van der Waals surface area contributed by atoms with Gasteiger partial charge >= 0.3 is 0 Å². The summed E-state index contributed by atoms with van der Waals surface area (Å²) < 4.78 is 7.40. The summed E-state index contributed by atoms with van der Waals surface area (Å²) in [5.41, 5.74) is 7.33. The Morgan fingerprint density at radius 2 is 2.29 bits per heavy atom. The molecule has 2 aromatic rings. The van der Waals surface area contributed by atoms with Crippen LogP contribution in [0.1, 0.15) is 11.4 Å². The summed E-state index contributed by atoms with van der Waals surface area (Å²) in [7, 11) is 1.62. The summed E-state index contributed by atoms with van der Waals surface area (Å²) in [5, 5.41) is 12.1. The second-order valence-corrected chi connectivity index (χ2v) is 4.83. The van der Waals surface area contributed by atoms with Gasteiger partial charge in [0.15, 0.2) is 5.84 Å². The Bertz CT molecular complexity index is 680. The Hall–Kier alpha value is -2.70. The van der Waals surface area contributed by atoms with Crippen molar-refractivity contribution in [2.45, 2.75) is 13.1 Å². The molecule has 21 heavy (non-hydrogen) atoms. The van der Waals surface area contributed by atoms with E-state index in [9.17, 15) is 0 Å². The van der Waals surface area contributed by atoms with Crippen LogP contribution in [0.15, 0.2) is 35.7 Å². The fraction of sp³-hybridized carbons (Fsp3) is 0.286. The fourth-order valence-corrected chi connectivity index (χ4v) is 2.55. The lowest BCUT2D eigenvalue weighted by atomic mass is 10.1. The molecule has 0 fully saturated rings. The first-order valence-electron chi connectivity index (χ1n) is 6.64. The number of nitrogens with zero attached hydrogens (tertiary/aromatic N) is 4. The number of anilines is 1. The summed E-state index contributed by atoms with van der Waals surface area (Å²) in [6.45, 7) is 2.34. The van der Waals surface area contributed by atoms with Crippen LogP contribution in [0.4, 0.5) is 5.69 Å². The summed E-state index contributed by atoms with van der Waals surface area (Å²) in [5.74, 6) is 1.81. The highest BCUT2D eigenvalue weighted by atomic mass is 16.5. The minimum absolute atomic E-state index is 0.0848. The smallest absolute Gasteiger partial charge is 0.172 e. The molecule has 1 aliphatic rings. The molecule has 0 saturated carbocycles. The van der Waals surface area contributed by atoms with Gasteiger partial charge in [-0.25, -0.2) is 4.98 Å². The van der Waals surface area contributed by atoms with Crippen LogP contribution < -0.4 is 15.4 Å². The Labute approximate surface area is 122 Å². The number of ether oxygens (including phenoxy) is 1. The van der Waals surface area contributed by atoms with E-state index in [-0.39, 0.29) is 5.84 Å². The van der Waals surface area contributed by atoms with Crippen molar-refractivity contribution in [1.82, 2.24) is 9.55 Å². The van der Waals surface area contributed by atoms with Crippen LogP contribution in [0.3, 0.4) is 0 Å². The van der Waals surface area contributed by atoms with E-state index in [1.165, 1.54) is 0 Å². The lowest BCUT2D eigenvalue weighted by Gasteiger charge is -2.31. The van der Waals surface area contributed by atoms with Gasteiger partial charge in [0, 0.05) is 37.1 Å². The number of imidazole rings is 1. The molecule has 0 aliphatic carbocycles. The predicted molar refractivity (Wildman–Crippen MR) is 78.8 cm³/mol. The molecule has 0 unspecified atom stereocenters. The molecule has 3 N–H and O–H groups in total. The summed E-state index contributed by atoms with van der Waals surface area (Å²) in [4.78, 5) is 6.50. The van der Waals surface area contributed by atoms with E-state index in [2.05, 4.69) is 19.6 Å². The van der Waals surface area contributed by atoms with E-state index in [4.69, 9.17) is 15.7 Å². The number of fused-ring (bicyclic) bond motifs is 1. The van der Waals surface area contributed by atoms with Gasteiger partial charge in [-0.05, 0) is 12.1 Å². The third kappa shape index (κ3) is 2.37. The highest BCUT2D eigenvalue weighted by Gasteiger charge is 2.21. The lowest BCUT2D eigenvalue weighted by molar-refractivity contribution is 0.318. The third-order valence-electron chi connectivity index (χ3n) is 3.67. The average Bonchev–Trinajstić information content (AvgIpc) is 3.01. The zero-order chi connectivity index (χ0) is 14.8. The molecular weight excluding hydrogens is 270 g/mol. The number of nitrogens with two attached hydrogens (primary N) is 1. The van der Waals surface area contributed by atoms with Crippen molar-refractivity contribution in [3.8, 4) is 5.75 Å². The summed E-state index contributed by atoms with van der Waals surface area (Å²) in [6.07, 6.45) is 3.78. The molecule has 1 aliphatic heterocycles. The van der Waals surface area contributed by atoms with E-state index < -0.39 is 0 Å². The van der Waals surface area contributed by atoms with Gasteiger partial charge in [-0.2, -0.15) is 0 Å². The number of rotatable bonds is 3. The quantitative estimate of drug-likeness (QED) is 0.380. The molecule has 3 rings (SSSR count). The number of aromatic nitrogens is 2. The van der Waals surface area contributed by atoms with E-state index in [1.807, 2.05) is 12.3 Å². The van der Waals surface area contributed by atoms with Crippen molar-refractivity contribution in [2.24, 2.45) is 10.9 Å². The van der Waals surface area contributed by atoms with Gasteiger partial charge in [0.2, 0.25) is 0 Å². The molecule has 1 aromatic heterocycles. The van der Waals surface area contributed by atoms with Crippen molar-refractivity contribution in [3.63, 3.8) is 0 Å². The molecule has 110 valence electrons. The van der Waals surface area contributed by atoms with Crippen LogP contribution >= 0.6 is 0 Å². The summed E-state index contributed by atoms with van der Waals surface area (Å²) >= 11 is 0. The number of hydrogen-bond donors (Lipinski definition) is 2. The molecule has 0 bridgehead atoms. The molecule has 0 atom stereocenters. The third-order valence-corrected chi connectivity index (χ3v) is 3.67. The van der Waals surface area contributed by atoms with Crippen LogP contribution in [-0.4, -0.2) is 34.2 Å². The molecule has 0 saturated heterocycles. The second-order valence-electron chi connectivity index (χ2n) is 4.83. The predicted octanol–water partition coefficient (Wildman–Crippen LogP) is 1.01. The standard InChI is InChI=1S/C14H17N5O2/c1-21-10-2-3-11(14(15)17-20)12(8-10)19-7-6-18-5-4-16-13(18)9-19/h2-5,8,20H,6-7,9H2,1H3,(H2,15,17). The van der Waals surface area contributed by atoms with Crippen LogP contribution in [0.5, 0.6) is 5.75 Å². The van der Waals surface area contributed by atoms with Crippen molar-refractivity contribution in [2.75, 3.05) is 18.6 Å². The van der Waals surface area contributed by atoms with Crippen molar-refractivity contribution in [1.29, 1.82) is 0 Å². The van der Waals surface area contributed by atoms with Gasteiger partial charge in [-0.15, -0.1) is 0 Å². The maximum atomic E-state index is 8.96. The summed E-state index contributed by atoms with van der Waals surface area (Å²) in [6, 6.07) is 5.48. The van der Waals surface area contributed by atoms with Crippen LogP contribution in [0.2, 0.25) is 0 Å². The molecule has 1 aromatic carbocycles. The lowest BCUT2D eigenvalue weighted by Crippen LogP contribution is -2.35. The first kappa shape index (κ1) is 13.3. The monoisotopic (exact) mass is 287 g/mol. The van der Waals surface area contributed by atoms with Gasteiger partial charge < -0.3 is 25.1 Å². The zero-order valence-corrected chi connectivity index (χ0v) is 11.7. The van der Waals surface area contributed by atoms with Crippen molar-refractivity contribution >= 4 is 11.5 Å². The van der Waals surface area contributed by atoms with Crippen LogP contribution in [0.25, 0.3) is 0 Å². The largest absolute Gasteiger partial charge is 0.497 e. The Morgan fingerprint density at radius 1 is 1.43 bits per heavy atom. The minimum atomic E-state index is 0.0848. The molecule has 0 radical (unpaired) electrons. The van der Waals surface area contributed by atoms with Crippen LogP contribution in [0, 0.1) is 0 Å². The molecular formula is C14H17N5O2. The second kappa shape index (κ2) is 5.35. The van der Waals surface area contributed by atoms with E-state index >= 15 is 0 Å². The number of benzene rings is 1.